The van der Waals surface area contributed by atoms with Gasteiger partial charge in [0.25, 0.3) is 5.91 Å². The van der Waals surface area contributed by atoms with E-state index in [1.165, 1.54) is 12.3 Å². The summed E-state index contributed by atoms with van der Waals surface area (Å²) in [6.07, 6.45) is 7.27. The summed E-state index contributed by atoms with van der Waals surface area (Å²) in [6.45, 7) is 4.97. The van der Waals surface area contributed by atoms with Crippen molar-refractivity contribution in [2.75, 3.05) is 57.4 Å². The average molecular weight is 591 g/mol. The summed E-state index contributed by atoms with van der Waals surface area (Å²) in [5.41, 5.74) is 1.41. The van der Waals surface area contributed by atoms with Gasteiger partial charge in [-0.15, -0.1) is 0 Å². The van der Waals surface area contributed by atoms with Crippen molar-refractivity contribution in [1.82, 2.24) is 24.8 Å². The predicted molar refractivity (Wildman–Crippen MR) is 156 cm³/mol. The number of benzene rings is 2. The Morgan fingerprint density at radius 1 is 1.17 bits per heavy atom. The van der Waals surface area contributed by atoms with Gasteiger partial charge in [0.2, 0.25) is 5.43 Å². The minimum Gasteiger partial charge on any atom is -0.451 e. The Balaban J connectivity index is 1.29. The highest BCUT2D eigenvalue weighted by molar-refractivity contribution is 6.30. The highest BCUT2D eigenvalue weighted by atomic mass is 35.5. The molecule has 1 amide bonds. The fraction of sp³-hybridized carbons (Fsp3) is 0.333. The quantitative estimate of drug-likeness (QED) is 0.319. The second-order valence-corrected chi connectivity index (χ2v) is 11.1. The van der Waals surface area contributed by atoms with Gasteiger partial charge in [0.15, 0.2) is 17.3 Å². The molecule has 1 N–H and O–H groups in total. The maximum atomic E-state index is 16.0. The molecule has 12 heteroatoms. The standard InChI is InChI=1S/C30H28ClFN6O4/c31-19-1-2-25-24(13-19)38-17-21(30(40)35-6-8-36-9-11-41-12-10-36)28(39)20-14-22(32)27(29(42-25)26(20)38)37-7-3-18(16-37)23-15-33-4-5-34-23/h1-2,4-5,13-15,17-18H,3,6-12,16H2,(H,35,40). The largest absolute Gasteiger partial charge is 0.451 e. The SMILES string of the molecule is O=C(NCCN1CCOCC1)c1cn2c3c(c(N4CCC(c5cnccn5)C4)c(F)cc3c1=O)Oc1ccc(Cl)cc1-2. The predicted octanol–water partition coefficient (Wildman–Crippen LogP) is 3.73. The van der Waals surface area contributed by atoms with E-state index in [1.807, 2.05) is 4.90 Å². The first kappa shape index (κ1) is 26.8. The lowest BCUT2D eigenvalue weighted by atomic mass is 10.0. The molecule has 0 aliphatic carbocycles. The molecule has 2 saturated heterocycles. The molecule has 3 aliphatic rings. The molecule has 42 heavy (non-hydrogen) atoms. The van der Waals surface area contributed by atoms with E-state index < -0.39 is 17.2 Å². The minimum atomic E-state index is -0.594. The number of rotatable bonds is 6. The van der Waals surface area contributed by atoms with Gasteiger partial charge in [0.05, 0.1) is 30.0 Å². The molecule has 0 saturated carbocycles. The van der Waals surface area contributed by atoms with Crippen LogP contribution in [-0.2, 0) is 4.74 Å². The van der Waals surface area contributed by atoms with Crippen LogP contribution in [0.15, 0.2) is 53.8 Å². The molecule has 4 aromatic rings. The van der Waals surface area contributed by atoms with Crippen LogP contribution < -0.4 is 20.4 Å². The van der Waals surface area contributed by atoms with Crippen molar-refractivity contribution in [3.8, 4) is 17.2 Å². The van der Waals surface area contributed by atoms with E-state index in [4.69, 9.17) is 21.1 Å². The van der Waals surface area contributed by atoms with E-state index in [0.717, 1.165) is 25.2 Å². The van der Waals surface area contributed by atoms with Gasteiger partial charge >= 0.3 is 0 Å². The fourth-order valence-electron chi connectivity index (χ4n) is 6.01. The number of nitrogens with one attached hydrogen (secondary N) is 1. The smallest absolute Gasteiger partial charge is 0.256 e. The number of ether oxygens (including phenoxy) is 2. The lowest BCUT2D eigenvalue weighted by Gasteiger charge is -2.29. The summed E-state index contributed by atoms with van der Waals surface area (Å²) in [5, 5.41) is 3.37. The lowest BCUT2D eigenvalue weighted by molar-refractivity contribution is 0.0383. The number of amides is 1. The normalized spacial score (nSPS) is 18.1. The molecule has 7 rings (SSSR count). The van der Waals surface area contributed by atoms with E-state index in [0.29, 0.717) is 61.4 Å². The van der Waals surface area contributed by atoms with Crippen LogP contribution in [0.3, 0.4) is 0 Å². The average Bonchev–Trinajstić information content (AvgIpc) is 3.49. The van der Waals surface area contributed by atoms with Gasteiger partial charge in [-0.25, -0.2) is 4.39 Å². The highest BCUT2D eigenvalue weighted by Gasteiger charge is 2.34. The van der Waals surface area contributed by atoms with Crippen LogP contribution >= 0.6 is 11.6 Å². The van der Waals surface area contributed by atoms with Gasteiger partial charge in [-0.3, -0.25) is 24.5 Å². The molecule has 1 atom stereocenters. The van der Waals surface area contributed by atoms with Crippen molar-refractivity contribution in [1.29, 1.82) is 0 Å². The fourth-order valence-corrected chi connectivity index (χ4v) is 6.17. The zero-order chi connectivity index (χ0) is 28.8. The number of aromatic nitrogens is 3. The van der Waals surface area contributed by atoms with Crippen molar-refractivity contribution in [2.24, 2.45) is 0 Å². The summed E-state index contributed by atoms with van der Waals surface area (Å²) >= 11 is 6.35. The number of carbonyl (C=O) groups is 1. The van der Waals surface area contributed by atoms with Crippen LogP contribution in [0, 0.1) is 5.82 Å². The number of hydrogen-bond donors (Lipinski definition) is 1. The van der Waals surface area contributed by atoms with Crippen LogP contribution in [0.4, 0.5) is 10.1 Å². The Morgan fingerprint density at radius 2 is 2.02 bits per heavy atom. The zero-order valence-corrected chi connectivity index (χ0v) is 23.4. The summed E-state index contributed by atoms with van der Waals surface area (Å²) in [6, 6.07) is 6.30. The third-order valence-corrected chi connectivity index (χ3v) is 8.37. The molecule has 216 valence electrons. The Morgan fingerprint density at radius 3 is 2.83 bits per heavy atom. The zero-order valence-electron chi connectivity index (χ0n) is 22.7. The van der Waals surface area contributed by atoms with Gasteiger partial charge < -0.3 is 24.3 Å². The number of pyridine rings is 1. The second kappa shape index (κ2) is 11.0. The summed E-state index contributed by atoms with van der Waals surface area (Å²) < 4.78 is 29.4. The summed E-state index contributed by atoms with van der Waals surface area (Å²) in [4.78, 5) is 39.7. The van der Waals surface area contributed by atoms with Crippen molar-refractivity contribution in [3.63, 3.8) is 0 Å². The van der Waals surface area contributed by atoms with Crippen molar-refractivity contribution >= 4 is 34.1 Å². The number of morpholine rings is 1. The van der Waals surface area contributed by atoms with Crippen molar-refractivity contribution in [2.45, 2.75) is 12.3 Å². The molecule has 1 unspecified atom stereocenters. The van der Waals surface area contributed by atoms with Crippen LogP contribution in [0.2, 0.25) is 5.02 Å². The molecule has 0 bridgehead atoms. The maximum absolute atomic E-state index is 16.0. The number of hydrogen-bond acceptors (Lipinski definition) is 8. The maximum Gasteiger partial charge on any atom is 0.256 e. The number of carbonyl (C=O) groups excluding carboxylic acids is 1. The number of anilines is 1. The number of fused-ring (bicyclic) bond motifs is 2. The Bertz CT molecular complexity index is 1740. The van der Waals surface area contributed by atoms with Crippen LogP contribution in [-0.4, -0.2) is 77.8 Å². The van der Waals surface area contributed by atoms with Gasteiger partial charge in [-0.2, -0.15) is 0 Å². The summed E-state index contributed by atoms with van der Waals surface area (Å²) in [5.74, 6) is -0.376. The third kappa shape index (κ3) is 4.77. The van der Waals surface area contributed by atoms with E-state index in [2.05, 4.69) is 20.2 Å². The first-order valence-corrected chi connectivity index (χ1v) is 14.3. The second-order valence-electron chi connectivity index (χ2n) is 10.7. The molecule has 10 nitrogen and oxygen atoms in total. The molecule has 2 fully saturated rings. The van der Waals surface area contributed by atoms with Crippen LogP contribution in [0.25, 0.3) is 16.6 Å². The minimum absolute atomic E-state index is 0.0578. The Kier molecular flexibility index (Phi) is 7.01. The number of nitrogens with zero attached hydrogens (tertiary/aromatic N) is 5. The molecule has 3 aliphatic heterocycles. The van der Waals surface area contributed by atoms with Crippen LogP contribution in [0.5, 0.6) is 11.5 Å². The summed E-state index contributed by atoms with van der Waals surface area (Å²) in [7, 11) is 0. The van der Waals surface area contributed by atoms with E-state index in [9.17, 15) is 9.59 Å². The third-order valence-electron chi connectivity index (χ3n) is 8.13. The van der Waals surface area contributed by atoms with E-state index in [1.54, 1.807) is 41.4 Å². The lowest BCUT2D eigenvalue weighted by Crippen LogP contribution is -2.42. The van der Waals surface area contributed by atoms with Gasteiger partial charge in [-0.1, -0.05) is 11.6 Å². The van der Waals surface area contributed by atoms with Crippen molar-refractivity contribution in [3.05, 3.63) is 81.4 Å². The molecular formula is C30H28ClFN6O4. The highest BCUT2D eigenvalue weighted by Crippen LogP contribution is 2.48. The van der Waals surface area contributed by atoms with E-state index >= 15 is 4.39 Å². The number of halogens is 2. The van der Waals surface area contributed by atoms with Gasteiger partial charge in [0, 0.05) is 75.0 Å². The topological polar surface area (TPSA) is 102 Å². The Labute approximate surface area is 245 Å². The molecule has 5 heterocycles. The van der Waals surface area contributed by atoms with Gasteiger partial charge in [-0.05, 0) is 30.7 Å². The van der Waals surface area contributed by atoms with Gasteiger partial charge in [0.1, 0.15) is 16.8 Å². The molecule has 2 aromatic heterocycles. The van der Waals surface area contributed by atoms with Crippen molar-refractivity contribution < 1.29 is 18.7 Å². The first-order valence-electron chi connectivity index (χ1n) is 14.0. The first-order chi connectivity index (χ1) is 20.5. The molecule has 2 aromatic carbocycles. The molecule has 0 spiro atoms. The van der Waals surface area contributed by atoms with E-state index in [-0.39, 0.29) is 28.3 Å². The molecule has 0 radical (unpaired) electrons. The van der Waals surface area contributed by atoms with Crippen LogP contribution in [0.1, 0.15) is 28.4 Å². The molecular weight excluding hydrogens is 563 g/mol. The monoisotopic (exact) mass is 590 g/mol. The Hall–Kier alpha value is -4.06.